The number of rotatable bonds is 16. The van der Waals surface area contributed by atoms with E-state index in [1.54, 1.807) is 14.0 Å². The Morgan fingerprint density at radius 1 is 1.14 bits per heavy atom. The maximum Gasteiger partial charge on any atom is 0.216 e. The molecule has 1 fully saturated rings. The molecule has 2 aromatic rings. The lowest BCUT2D eigenvalue weighted by Crippen LogP contribution is -2.50. The lowest BCUT2D eigenvalue weighted by atomic mass is 9.79. The van der Waals surface area contributed by atoms with Crippen molar-refractivity contribution < 1.29 is 28.5 Å². The van der Waals surface area contributed by atoms with Gasteiger partial charge in [-0.15, -0.1) is 0 Å². The Labute approximate surface area is 251 Å². The van der Waals surface area contributed by atoms with Crippen LogP contribution in [0.15, 0.2) is 42.5 Å². The molecule has 1 amide bonds. The van der Waals surface area contributed by atoms with Crippen LogP contribution < -0.4 is 20.3 Å². The van der Waals surface area contributed by atoms with E-state index in [4.69, 9.17) is 23.7 Å². The van der Waals surface area contributed by atoms with Crippen molar-refractivity contribution >= 4 is 11.6 Å². The number of methoxy groups -OCH3 is 1. The average Bonchev–Trinajstić information content (AvgIpc) is 2.99. The Balaban J connectivity index is 1.44. The Morgan fingerprint density at radius 3 is 2.71 bits per heavy atom. The van der Waals surface area contributed by atoms with Gasteiger partial charge in [0.05, 0.1) is 44.3 Å². The number of nitrogens with zero attached hydrogens (tertiary/aromatic N) is 1. The van der Waals surface area contributed by atoms with Crippen LogP contribution in [0.3, 0.4) is 0 Å². The van der Waals surface area contributed by atoms with Gasteiger partial charge in [0.15, 0.2) is 0 Å². The standard InChI is InChI=1S/C33H49N3O6/c1-5-40-24(2)21-39-22-26-7-10-28(11-8-26)33-29(19-35-25(3)37)18-34-20-32(33)42-23-27-9-12-31-30(17-27)36(14-16-41-31)13-6-15-38-4/h7-12,17,24,29,32-34H,5-6,13-16,18-23H2,1-4H3,(H,35,37)/t24?,29-,32-,33-/m0/s1. The van der Waals surface area contributed by atoms with E-state index in [0.717, 1.165) is 61.8 Å². The first-order chi connectivity index (χ1) is 20.5. The molecule has 1 unspecified atom stereocenters. The van der Waals surface area contributed by atoms with Crippen molar-refractivity contribution in [1.82, 2.24) is 10.6 Å². The minimum Gasteiger partial charge on any atom is -0.490 e. The Bertz CT molecular complexity index is 1100. The zero-order valence-electron chi connectivity index (χ0n) is 25.7. The smallest absolute Gasteiger partial charge is 0.216 e. The van der Waals surface area contributed by atoms with Crippen LogP contribution in [0.25, 0.3) is 0 Å². The second-order valence-corrected chi connectivity index (χ2v) is 11.2. The summed E-state index contributed by atoms with van der Waals surface area (Å²) < 4.78 is 29.3. The van der Waals surface area contributed by atoms with E-state index < -0.39 is 0 Å². The fourth-order valence-electron chi connectivity index (χ4n) is 5.85. The minimum absolute atomic E-state index is 0.0168. The molecular weight excluding hydrogens is 534 g/mol. The van der Waals surface area contributed by atoms with Gasteiger partial charge in [-0.2, -0.15) is 0 Å². The number of anilines is 1. The fourth-order valence-corrected chi connectivity index (χ4v) is 5.85. The molecule has 0 saturated carbocycles. The quantitative estimate of drug-likeness (QED) is 0.288. The molecule has 0 spiro atoms. The van der Waals surface area contributed by atoms with Crippen molar-refractivity contribution in [2.24, 2.45) is 5.92 Å². The van der Waals surface area contributed by atoms with Gasteiger partial charge in [0.25, 0.3) is 0 Å². The first-order valence-corrected chi connectivity index (χ1v) is 15.3. The highest BCUT2D eigenvalue weighted by molar-refractivity contribution is 5.72. The summed E-state index contributed by atoms with van der Waals surface area (Å²) in [5.74, 6) is 1.25. The van der Waals surface area contributed by atoms with Gasteiger partial charge in [-0.3, -0.25) is 4.79 Å². The van der Waals surface area contributed by atoms with Crippen molar-refractivity contribution in [3.8, 4) is 5.75 Å². The van der Waals surface area contributed by atoms with Gasteiger partial charge in [0.2, 0.25) is 5.91 Å². The number of carbonyl (C=O) groups is 1. The van der Waals surface area contributed by atoms with E-state index in [2.05, 4.69) is 58.0 Å². The third-order valence-electron chi connectivity index (χ3n) is 7.93. The van der Waals surface area contributed by atoms with E-state index in [0.29, 0.717) is 39.6 Å². The summed E-state index contributed by atoms with van der Waals surface area (Å²) in [5.41, 5.74) is 4.58. The molecule has 2 N–H and O–H groups in total. The van der Waals surface area contributed by atoms with Crippen molar-refractivity contribution in [2.75, 3.05) is 71.2 Å². The summed E-state index contributed by atoms with van der Waals surface area (Å²) in [6.45, 7) is 13.3. The zero-order valence-corrected chi connectivity index (χ0v) is 25.7. The van der Waals surface area contributed by atoms with Crippen LogP contribution in [-0.2, 0) is 37.0 Å². The lowest BCUT2D eigenvalue weighted by Gasteiger charge is -2.39. The molecule has 0 bridgehead atoms. The van der Waals surface area contributed by atoms with E-state index in [9.17, 15) is 4.79 Å². The van der Waals surface area contributed by atoms with Gasteiger partial charge in [-0.25, -0.2) is 0 Å². The monoisotopic (exact) mass is 583 g/mol. The van der Waals surface area contributed by atoms with Crippen LogP contribution >= 0.6 is 0 Å². The van der Waals surface area contributed by atoms with Crippen molar-refractivity contribution in [3.05, 3.63) is 59.2 Å². The van der Waals surface area contributed by atoms with Gasteiger partial charge in [-0.1, -0.05) is 30.3 Å². The largest absolute Gasteiger partial charge is 0.490 e. The predicted molar refractivity (Wildman–Crippen MR) is 164 cm³/mol. The molecule has 9 nitrogen and oxygen atoms in total. The van der Waals surface area contributed by atoms with E-state index in [1.165, 1.54) is 5.56 Å². The number of nitrogens with one attached hydrogen (secondary N) is 2. The zero-order chi connectivity index (χ0) is 29.7. The number of benzene rings is 2. The highest BCUT2D eigenvalue weighted by Crippen LogP contribution is 2.35. The van der Waals surface area contributed by atoms with Gasteiger partial charge in [-0.05, 0) is 55.0 Å². The maximum absolute atomic E-state index is 11.8. The summed E-state index contributed by atoms with van der Waals surface area (Å²) >= 11 is 0. The molecule has 2 aromatic carbocycles. The molecule has 2 aliphatic rings. The van der Waals surface area contributed by atoms with E-state index in [-0.39, 0.29) is 30.0 Å². The van der Waals surface area contributed by atoms with Crippen LogP contribution in [0, 0.1) is 5.92 Å². The molecule has 2 heterocycles. The summed E-state index contributed by atoms with van der Waals surface area (Å²) in [6, 6.07) is 15.0. The summed E-state index contributed by atoms with van der Waals surface area (Å²) in [4.78, 5) is 14.1. The molecular formula is C33H49N3O6. The SMILES string of the molecule is CCOC(C)COCc1ccc([C@H]2[C@H](CNC(C)=O)CNC[C@@H]2OCc2ccc3c(c2)N(CCCOC)CCO3)cc1. The number of fused-ring (bicyclic) bond motifs is 1. The Morgan fingerprint density at radius 2 is 1.95 bits per heavy atom. The first-order valence-electron chi connectivity index (χ1n) is 15.3. The molecule has 4 rings (SSSR count). The molecule has 0 aliphatic carbocycles. The van der Waals surface area contributed by atoms with Crippen LogP contribution in [0.2, 0.25) is 0 Å². The molecule has 42 heavy (non-hydrogen) atoms. The van der Waals surface area contributed by atoms with Gasteiger partial charge < -0.3 is 39.2 Å². The first kappa shape index (κ1) is 32.2. The van der Waals surface area contributed by atoms with Gasteiger partial charge in [0.1, 0.15) is 12.4 Å². The van der Waals surface area contributed by atoms with Crippen molar-refractivity contribution in [2.45, 2.75) is 58.5 Å². The van der Waals surface area contributed by atoms with E-state index >= 15 is 0 Å². The normalized spacial score (nSPS) is 21.0. The topological polar surface area (TPSA) is 90.5 Å². The fraction of sp³-hybridized carbons (Fsp3) is 0.606. The average molecular weight is 584 g/mol. The van der Waals surface area contributed by atoms with Crippen molar-refractivity contribution in [1.29, 1.82) is 0 Å². The third-order valence-corrected chi connectivity index (χ3v) is 7.93. The molecule has 9 heteroatoms. The van der Waals surface area contributed by atoms with Crippen LogP contribution in [0.5, 0.6) is 5.75 Å². The highest BCUT2D eigenvalue weighted by atomic mass is 16.5. The molecule has 2 aliphatic heterocycles. The molecule has 0 radical (unpaired) electrons. The number of ether oxygens (including phenoxy) is 5. The van der Waals surface area contributed by atoms with Crippen LogP contribution in [-0.4, -0.2) is 84.4 Å². The van der Waals surface area contributed by atoms with Crippen molar-refractivity contribution in [3.63, 3.8) is 0 Å². The summed E-state index contributed by atoms with van der Waals surface area (Å²) in [5, 5.41) is 6.58. The second-order valence-electron chi connectivity index (χ2n) is 11.2. The number of hydrogen-bond acceptors (Lipinski definition) is 8. The van der Waals surface area contributed by atoms with Crippen LogP contribution in [0.1, 0.15) is 49.8 Å². The number of amides is 1. The third kappa shape index (κ3) is 9.41. The predicted octanol–water partition coefficient (Wildman–Crippen LogP) is 3.89. The van der Waals surface area contributed by atoms with E-state index in [1.807, 2.05) is 13.8 Å². The number of piperidine rings is 1. The second kappa shape index (κ2) is 16.8. The van der Waals surface area contributed by atoms with Gasteiger partial charge in [0, 0.05) is 59.3 Å². The lowest BCUT2D eigenvalue weighted by molar-refractivity contribution is -0.119. The Hall–Kier alpha value is -2.69. The number of hydrogen-bond donors (Lipinski definition) is 2. The molecule has 1 saturated heterocycles. The summed E-state index contributed by atoms with van der Waals surface area (Å²) in [6.07, 6.45) is 1.01. The van der Waals surface area contributed by atoms with Crippen LogP contribution in [0.4, 0.5) is 5.69 Å². The molecule has 0 aromatic heterocycles. The minimum atomic E-state index is -0.0447. The number of carbonyl (C=O) groups excluding carboxylic acids is 1. The molecule has 4 atom stereocenters. The molecule has 232 valence electrons. The maximum atomic E-state index is 11.8. The van der Waals surface area contributed by atoms with Gasteiger partial charge >= 0.3 is 0 Å². The Kier molecular flexibility index (Phi) is 12.9. The highest BCUT2D eigenvalue weighted by Gasteiger charge is 2.35. The summed E-state index contributed by atoms with van der Waals surface area (Å²) in [7, 11) is 1.74.